The Balaban J connectivity index is 2.02. The van der Waals surface area contributed by atoms with Gasteiger partial charge in [0.15, 0.2) is 4.73 Å². The van der Waals surface area contributed by atoms with Gasteiger partial charge in [0.2, 0.25) is 4.73 Å². The van der Waals surface area contributed by atoms with Gasteiger partial charge in [-0.2, -0.15) is 4.98 Å². The van der Waals surface area contributed by atoms with E-state index in [1.54, 1.807) is 4.68 Å². The number of benzene rings is 1. The van der Waals surface area contributed by atoms with Crippen molar-refractivity contribution in [2.75, 3.05) is 0 Å². The van der Waals surface area contributed by atoms with Gasteiger partial charge in [-0.3, -0.25) is 0 Å². The zero-order chi connectivity index (χ0) is 11.4. The van der Waals surface area contributed by atoms with E-state index in [-0.39, 0.29) is 0 Å². The van der Waals surface area contributed by atoms with Crippen LogP contribution < -0.4 is 0 Å². The molecule has 0 N–H and O–H groups in total. The lowest BCUT2D eigenvalue weighted by Crippen LogP contribution is -1.97. The lowest BCUT2D eigenvalue weighted by atomic mass is 10.2. The fraction of sp³-hybridized carbons (Fsp3) is 0.0909. The molecule has 0 unspecified atom stereocenters. The molecule has 0 aliphatic heterocycles. The Kier molecular flexibility index (Phi) is 3.90. The summed E-state index contributed by atoms with van der Waals surface area (Å²) < 4.78 is 3.08. The first-order valence-corrected chi connectivity index (χ1v) is 6.32. The second kappa shape index (κ2) is 5.41. The molecule has 5 heteroatoms. The molecule has 0 aliphatic rings. The third kappa shape index (κ3) is 3.02. The molecule has 2 rings (SSSR count). The Labute approximate surface area is 110 Å². The number of allylic oxidation sites excluding steroid dienone is 1. The molecule has 2 aromatic rings. The zero-order valence-electron chi connectivity index (χ0n) is 8.35. The van der Waals surface area contributed by atoms with Gasteiger partial charge >= 0.3 is 0 Å². The molecule has 1 heterocycles. The Morgan fingerprint density at radius 3 is 2.56 bits per heavy atom. The molecule has 82 valence electrons. The summed E-state index contributed by atoms with van der Waals surface area (Å²) in [6, 6.07) is 10.2. The van der Waals surface area contributed by atoms with Crippen LogP contribution in [0.25, 0.3) is 6.08 Å². The molecule has 1 aromatic heterocycles. The molecule has 0 fully saturated rings. The van der Waals surface area contributed by atoms with Crippen LogP contribution in [0.15, 0.2) is 45.9 Å². The highest BCUT2D eigenvalue weighted by Crippen LogP contribution is 2.11. The Morgan fingerprint density at radius 2 is 1.94 bits per heavy atom. The van der Waals surface area contributed by atoms with Crippen molar-refractivity contribution < 1.29 is 0 Å². The first kappa shape index (κ1) is 11.5. The van der Waals surface area contributed by atoms with E-state index in [0.717, 1.165) is 4.73 Å². The van der Waals surface area contributed by atoms with E-state index >= 15 is 0 Å². The van der Waals surface area contributed by atoms with Gasteiger partial charge < -0.3 is 0 Å². The van der Waals surface area contributed by atoms with Crippen LogP contribution in [0.5, 0.6) is 0 Å². The number of rotatable bonds is 3. The van der Waals surface area contributed by atoms with Crippen molar-refractivity contribution in [3.05, 3.63) is 51.4 Å². The van der Waals surface area contributed by atoms with Crippen molar-refractivity contribution in [1.29, 1.82) is 0 Å². The Morgan fingerprint density at radius 1 is 1.19 bits per heavy atom. The maximum Gasteiger partial charge on any atom is 0.218 e. The average Bonchev–Trinajstić information content (AvgIpc) is 2.59. The van der Waals surface area contributed by atoms with E-state index in [4.69, 9.17) is 0 Å². The standard InChI is InChI=1S/C11H9Br2N3/c12-10-14-11(13)16(15-10)8-4-7-9-5-2-1-3-6-9/h1-7H,8H2. The summed E-state index contributed by atoms with van der Waals surface area (Å²) in [5, 5.41) is 4.17. The van der Waals surface area contributed by atoms with Crippen LogP contribution in [-0.2, 0) is 6.54 Å². The predicted molar refractivity (Wildman–Crippen MR) is 70.9 cm³/mol. The molecule has 16 heavy (non-hydrogen) atoms. The number of nitrogens with zero attached hydrogens (tertiary/aromatic N) is 3. The van der Waals surface area contributed by atoms with Crippen LogP contribution >= 0.6 is 31.9 Å². The highest BCUT2D eigenvalue weighted by atomic mass is 79.9. The van der Waals surface area contributed by atoms with Crippen LogP contribution in [0.1, 0.15) is 5.56 Å². The predicted octanol–water partition coefficient (Wildman–Crippen LogP) is 3.52. The molecule has 1 aromatic carbocycles. The van der Waals surface area contributed by atoms with Gasteiger partial charge in [-0.25, -0.2) is 4.68 Å². The minimum absolute atomic E-state index is 0.590. The molecule has 0 spiro atoms. The SMILES string of the molecule is Brc1nc(Br)n(CC=Cc2ccccc2)n1. The van der Waals surface area contributed by atoms with E-state index in [9.17, 15) is 0 Å². The largest absolute Gasteiger partial charge is 0.235 e. The summed E-state index contributed by atoms with van der Waals surface area (Å²) >= 11 is 6.55. The third-order valence-electron chi connectivity index (χ3n) is 1.99. The molecule has 0 atom stereocenters. The van der Waals surface area contributed by atoms with Gasteiger partial charge in [-0.15, -0.1) is 5.10 Å². The summed E-state index contributed by atoms with van der Waals surface area (Å²) in [5.74, 6) is 0. The first-order valence-electron chi connectivity index (χ1n) is 4.73. The van der Waals surface area contributed by atoms with E-state index in [1.807, 2.05) is 24.3 Å². The monoisotopic (exact) mass is 341 g/mol. The number of halogens is 2. The number of aromatic nitrogens is 3. The summed E-state index contributed by atoms with van der Waals surface area (Å²) in [5.41, 5.74) is 1.18. The number of hydrogen-bond acceptors (Lipinski definition) is 2. The van der Waals surface area contributed by atoms with Crippen LogP contribution in [0, 0.1) is 0 Å². The minimum Gasteiger partial charge on any atom is -0.235 e. The topological polar surface area (TPSA) is 30.7 Å². The molecule has 0 bridgehead atoms. The molecular formula is C11H9Br2N3. The van der Waals surface area contributed by atoms with Crippen molar-refractivity contribution in [1.82, 2.24) is 14.8 Å². The second-order valence-electron chi connectivity index (χ2n) is 3.15. The van der Waals surface area contributed by atoms with Crippen LogP contribution in [0.2, 0.25) is 0 Å². The smallest absolute Gasteiger partial charge is 0.218 e. The van der Waals surface area contributed by atoms with Crippen molar-refractivity contribution in [3.8, 4) is 0 Å². The maximum absolute atomic E-state index is 4.17. The van der Waals surface area contributed by atoms with Gasteiger partial charge in [-0.1, -0.05) is 42.5 Å². The highest BCUT2D eigenvalue weighted by molar-refractivity contribution is 9.11. The lowest BCUT2D eigenvalue weighted by molar-refractivity contribution is 0.680. The summed E-state index contributed by atoms with van der Waals surface area (Å²) in [6.07, 6.45) is 4.10. The molecule has 0 saturated heterocycles. The van der Waals surface area contributed by atoms with E-state index in [1.165, 1.54) is 5.56 Å². The van der Waals surface area contributed by atoms with Gasteiger partial charge in [0, 0.05) is 0 Å². The second-order valence-corrected chi connectivity index (χ2v) is 4.56. The first-order chi connectivity index (χ1) is 7.75. The third-order valence-corrected chi connectivity index (χ3v) is 2.91. The minimum atomic E-state index is 0.590. The molecule has 0 saturated carbocycles. The fourth-order valence-electron chi connectivity index (χ4n) is 1.27. The van der Waals surface area contributed by atoms with Crippen molar-refractivity contribution >= 4 is 37.9 Å². The van der Waals surface area contributed by atoms with E-state index < -0.39 is 0 Å². The summed E-state index contributed by atoms with van der Waals surface area (Å²) in [7, 11) is 0. The van der Waals surface area contributed by atoms with Crippen molar-refractivity contribution in [3.63, 3.8) is 0 Å². The van der Waals surface area contributed by atoms with Gasteiger partial charge in [0.1, 0.15) is 0 Å². The van der Waals surface area contributed by atoms with Crippen molar-refractivity contribution in [2.24, 2.45) is 0 Å². The van der Waals surface area contributed by atoms with E-state index in [2.05, 4.69) is 60.2 Å². The quantitative estimate of drug-likeness (QED) is 0.854. The molecular weight excluding hydrogens is 334 g/mol. The maximum atomic E-state index is 4.17. The van der Waals surface area contributed by atoms with Crippen molar-refractivity contribution in [2.45, 2.75) is 6.54 Å². The van der Waals surface area contributed by atoms with Gasteiger partial charge in [0.25, 0.3) is 0 Å². The lowest BCUT2D eigenvalue weighted by Gasteiger charge is -1.95. The molecule has 0 aliphatic carbocycles. The molecule has 3 nitrogen and oxygen atoms in total. The number of hydrogen-bond donors (Lipinski definition) is 0. The van der Waals surface area contributed by atoms with Crippen LogP contribution in [-0.4, -0.2) is 14.8 Å². The zero-order valence-corrected chi connectivity index (χ0v) is 11.5. The Hall–Kier alpha value is -0.940. The van der Waals surface area contributed by atoms with Crippen LogP contribution in [0.4, 0.5) is 0 Å². The Bertz CT molecular complexity index is 491. The normalized spacial score (nSPS) is 11.1. The average molecular weight is 343 g/mol. The van der Waals surface area contributed by atoms with Gasteiger partial charge in [-0.05, 0) is 37.4 Å². The van der Waals surface area contributed by atoms with Gasteiger partial charge in [0.05, 0.1) is 6.54 Å². The highest BCUT2D eigenvalue weighted by Gasteiger charge is 2.01. The fourth-order valence-corrected chi connectivity index (χ4v) is 2.26. The molecule has 0 radical (unpaired) electrons. The summed E-state index contributed by atoms with van der Waals surface area (Å²) in [6.45, 7) is 0.689. The molecule has 0 amide bonds. The van der Waals surface area contributed by atoms with E-state index in [0.29, 0.717) is 11.3 Å². The van der Waals surface area contributed by atoms with Crippen LogP contribution in [0.3, 0.4) is 0 Å². The summed E-state index contributed by atoms with van der Waals surface area (Å²) in [4.78, 5) is 4.09.